The van der Waals surface area contributed by atoms with E-state index in [2.05, 4.69) is 51.4 Å². The molecule has 5 nitrogen and oxygen atoms in total. The van der Waals surface area contributed by atoms with Gasteiger partial charge in [0.2, 0.25) is 0 Å². The lowest BCUT2D eigenvalue weighted by Crippen LogP contribution is -2.15. The lowest BCUT2D eigenvalue weighted by Gasteiger charge is -2.17. The highest BCUT2D eigenvalue weighted by atomic mass is 32.1. The number of hydrazine groups is 1. The molecule has 1 atom stereocenters. The maximum atomic E-state index is 5.45. The highest BCUT2D eigenvalue weighted by molar-refractivity contribution is 7.07. The van der Waals surface area contributed by atoms with E-state index in [1.807, 2.05) is 0 Å². The second-order valence-corrected chi connectivity index (χ2v) is 4.75. The monoisotopic (exact) mass is 263 g/mol. The summed E-state index contributed by atoms with van der Waals surface area (Å²) in [5.41, 5.74) is 4.86. The van der Waals surface area contributed by atoms with Gasteiger partial charge >= 0.3 is 0 Å². The van der Waals surface area contributed by atoms with Gasteiger partial charge in [-0.3, -0.25) is 0 Å². The van der Waals surface area contributed by atoms with Gasteiger partial charge in [0.25, 0.3) is 0 Å². The first-order valence-electron chi connectivity index (χ1n) is 5.85. The average molecular weight is 263 g/mol. The van der Waals surface area contributed by atoms with Crippen LogP contribution < -0.4 is 16.6 Å². The van der Waals surface area contributed by atoms with Crippen LogP contribution in [0.25, 0.3) is 0 Å². The first-order chi connectivity index (χ1) is 8.76. The summed E-state index contributed by atoms with van der Waals surface area (Å²) in [7, 11) is 0. The molecule has 0 spiro atoms. The minimum absolute atomic E-state index is 0.210. The number of anilines is 2. The Hall–Kier alpha value is -1.66. The lowest BCUT2D eigenvalue weighted by atomic mass is 10.1. The van der Waals surface area contributed by atoms with Crippen LogP contribution in [0.1, 0.15) is 31.0 Å². The van der Waals surface area contributed by atoms with Crippen molar-refractivity contribution in [2.24, 2.45) is 5.84 Å². The van der Waals surface area contributed by atoms with Gasteiger partial charge in [-0.15, -0.1) is 0 Å². The Balaban J connectivity index is 2.23. The number of hydrogen-bond acceptors (Lipinski definition) is 6. The molecule has 4 N–H and O–H groups in total. The SMILES string of the molecule is CCc1c(NN)ncnc1NC(C)c1ccsc1. The van der Waals surface area contributed by atoms with Crippen LogP contribution in [0, 0.1) is 0 Å². The number of aromatic nitrogens is 2. The number of rotatable bonds is 5. The van der Waals surface area contributed by atoms with Gasteiger partial charge in [-0.2, -0.15) is 11.3 Å². The standard InChI is InChI=1S/C12H17N5S/c1-3-10-11(14-7-15-12(10)17-13)16-8(2)9-4-5-18-6-9/h4-8H,3,13H2,1-2H3,(H2,14,15,16,17). The molecule has 0 aliphatic rings. The predicted octanol–water partition coefficient (Wildman–Crippen LogP) is 2.56. The van der Waals surface area contributed by atoms with Crippen molar-refractivity contribution in [1.82, 2.24) is 9.97 Å². The van der Waals surface area contributed by atoms with E-state index in [4.69, 9.17) is 5.84 Å². The van der Waals surface area contributed by atoms with Gasteiger partial charge < -0.3 is 10.7 Å². The van der Waals surface area contributed by atoms with Crippen molar-refractivity contribution in [1.29, 1.82) is 0 Å². The van der Waals surface area contributed by atoms with Gasteiger partial charge in [0.05, 0.1) is 6.04 Å². The van der Waals surface area contributed by atoms with Gasteiger partial charge in [-0.25, -0.2) is 15.8 Å². The molecule has 0 bridgehead atoms. The zero-order valence-corrected chi connectivity index (χ0v) is 11.3. The Labute approximate surface area is 110 Å². The summed E-state index contributed by atoms with van der Waals surface area (Å²) in [6.07, 6.45) is 2.33. The molecule has 0 radical (unpaired) electrons. The fourth-order valence-electron chi connectivity index (χ4n) is 1.81. The first-order valence-corrected chi connectivity index (χ1v) is 6.79. The second-order valence-electron chi connectivity index (χ2n) is 3.97. The van der Waals surface area contributed by atoms with Crippen molar-refractivity contribution in [2.45, 2.75) is 26.3 Å². The molecule has 0 amide bonds. The summed E-state index contributed by atoms with van der Waals surface area (Å²) in [5.74, 6) is 6.96. The molecule has 6 heteroatoms. The Morgan fingerprint density at radius 3 is 2.78 bits per heavy atom. The average Bonchev–Trinajstić information content (AvgIpc) is 2.92. The Morgan fingerprint density at radius 2 is 2.17 bits per heavy atom. The highest BCUT2D eigenvalue weighted by Crippen LogP contribution is 2.25. The fourth-order valence-corrected chi connectivity index (χ4v) is 2.56. The summed E-state index contributed by atoms with van der Waals surface area (Å²) < 4.78 is 0. The van der Waals surface area contributed by atoms with Gasteiger partial charge in [0, 0.05) is 5.56 Å². The van der Waals surface area contributed by atoms with Crippen LogP contribution in [-0.2, 0) is 6.42 Å². The van der Waals surface area contributed by atoms with Crippen molar-refractivity contribution in [3.63, 3.8) is 0 Å². The minimum atomic E-state index is 0.210. The third-order valence-electron chi connectivity index (χ3n) is 2.83. The molecule has 0 saturated carbocycles. The van der Waals surface area contributed by atoms with Crippen LogP contribution in [0.4, 0.5) is 11.6 Å². The molecule has 0 aliphatic carbocycles. The van der Waals surface area contributed by atoms with E-state index in [9.17, 15) is 0 Å². The van der Waals surface area contributed by atoms with Crippen molar-refractivity contribution in [3.8, 4) is 0 Å². The van der Waals surface area contributed by atoms with E-state index in [0.29, 0.717) is 5.82 Å². The summed E-state index contributed by atoms with van der Waals surface area (Å²) in [5, 5.41) is 7.60. The van der Waals surface area contributed by atoms with E-state index >= 15 is 0 Å². The van der Waals surface area contributed by atoms with E-state index < -0.39 is 0 Å². The summed E-state index contributed by atoms with van der Waals surface area (Å²) in [6, 6.07) is 2.32. The number of nitrogen functional groups attached to an aromatic ring is 1. The molecule has 0 saturated heterocycles. The molecule has 96 valence electrons. The van der Waals surface area contributed by atoms with Crippen LogP contribution in [0.5, 0.6) is 0 Å². The third kappa shape index (κ3) is 2.60. The Morgan fingerprint density at radius 1 is 1.39 bits per heavy atom. The third-order valence-corrected chi connectivity index (χ3v) is 3.53. The quantitative estimate of drug-likeness (QED) is 0.571. The lowest BCUT2D eigenvalue weighted by molar-refractivity contribution is 0.867. The molecule has 0 aromatic carbocycles. The molecular weight excluding hydrogens is 246 g/mol. The summed E-state index contributed by atoms with van der Waals surface area (Å²) in [4.78, 5) is 8.41. The number of nitrogens with one attached hydrogen (secondary N) is 2. The molecular formula is C12H17N5S. The molecule has 18 heavy (non-hydrogen) atoms. The molecule has 2 aromatic heterocycles. The number of nitrogens with two attached hydrogens (primary N) is 1. The normalized spacial score (nSPS) is 12.2. The second kappa shape index (κ2) is 5.79. The van der Waals surface area contributed by atoms with E-state index in [-0.39, 0.29) is 6.04 Å². The first kappa shape index (κ1) is 12.8. The van der Waals surface area contributed by atoms with Crippen LogP contribution in [0.15, 0.2) is 23.2 Å². The maximum Gasteiger partial charge on any atom is 0.148 e. The van der Waals surface area contributed by atoms with Gasteiger partial charge in [-0.1, -0.05) is 6.92 Å². The Bertz CT molecular complexity index is 497. The molecule has 0 fully saturated rings. The number of thiophene rings is 1. The van der Waals surface area contributed by atoms with E-state index in [1.54, 1.807) is 11.3 Å². The number of nitrogens with zero attached hydrogens (tertiary/aromatic N) is 2. The van der Waals surface area contributed by atoms with Gasteiger partial charge in [0.15, 0.2) is 0 Å². The topological polar surface area (TPSA) is 75.9 Å². The van der Waals surface area contributed by atoms with Crippen LogP contribution >= 0.6 is 11.3 Å². The maximum absolute atomic E-state index is 5.45. The van der Waals surface area contributed by atoms with Crippen molar-refractivity contribution in [2.75, 3.05) is 10.7 Å². The molecule has 2 rings (SSSR count). The molecule has 0 aliphatic heterocycles. The van der Waals surface area contributed by atoms with Crippen LogP contribution in [0.2, 0.25) is 0 Å². The molecule has 2 heterocycles. The molecule has 2 aromatic rings. The summed E-state index contributed by atoms with van der Waals surface area (Å²) in [6.45, 7) is 4.17. The zero-order chi connectivity index (χ0) is 13.0. The largest absolute Gasteiger partial charge is 0.363 e. The fraction of sp³-hybridized carbons (Fsp3) is 0.333. The smallest absolute Gasteiger partial charge is 0.148 e. The Kier molecular flexibility index (Phi) is 4.11. The summed E-state index contributed by atoms with van der Waals surface area (Å²) >= 11 is 1.69. The van der Waals surface area contributed by atoms with Gasteiger partial charge in [-0.05, 0) is 35.7 Å². The molecule has 1 unspecified atom stereocenters. The van der Waals surface area contributed by atoms with Crippen LogP contribution in [-0.4, -0.2) is 9.97 Å². The zero-order valence-electron chi connectivity index (χ0n) is 10.5. The van der Waals surface area contributed by atoms with Gasteiger partial charge in [0.1, 0.15) is 18.0 Å². The van der Waals surface area contributed by atoms with Crippen molar-refractivity contribution >= 4 is 23.0 Å². The van der Waals surface area contributed by atoms with Crippen molar-refractivity contribution < 1.29 is 0 Å². The highest BCUT2D eigenvalue weighted by Gasteiger charge is 2.12. The van der Waals surface area contributed by atoms with Crippen molar-refractivity contribution in [3.05, 3.63) is 34.3 Å². The van der Waals surface area contributed by atoms with Crippen LogP contribution in [0.3, 0.4) is 0 Å². The minimum Gasteiger partial charge on any atom is -0.363 e. The predicted molar refractivity (Wildman–Crippen MR) is 75.6 cm³/mol. The van der Waals surface area contributed by atoms with E-state index in [0.717, 1.165) is 17.8 Å². The number of hydrogen-bond donors (Lipinski definition) is 3. The van der Waals surface area contributed by atoms with E-state index in [1.165, 1.54) is 11.9 Å².